The summed E-state index contributed by atoms with van der Waals surface area (Å²) < 4.78 is 10.8. The van der Waals surface area contributed by atoms with Gasteiger partial charge >= 0.3 is 6.03 Å². The van der Waals surface area contributed by atoms with Crippen LogP contribution in [0, 0.1) is 0 Å². The molecular weight excluding hydrogens is 348 g/mol. The molecule has 1 atom stereocenters. The van der Waals surface area contributed by atoms with Crippen LogP contribution in [-0.2, 0) is 11.3 Å². The minimum absolute atomic E-state index is 0.107. The molecule has 0 spiro atoms. The highest BCUT2D eigenvalue weighted by Gasteiger charge is 2.40. The van der Waals surface area contributed by atoms with Gasteiger partial charge in [0.2, 0.25) is 6.79 Å². The third kappa shape index (κ3) is 2.66. The molecule has 0 unspecified atom stereocenters. The molecule has 1 aromatic carbocycles. The Morgan fingerprint density at radius 3 is 2.93 bits per heavy atom. The van der Waals surface area contributed by atoms with Crippen molar-refractivity contribution in [1.29, 1.82) is 0 Å². The minimum atomic E-state index is -0.533. The number of ether oxygens (including phenoxy) is 2. The molecule has 0 bridgehead atoms. The van der Waals surface area contributed by atoms with E-state index in [-0.39, 0.29) is 18.7 Å². The first-order valence-corrected chi connectivity index (χ1v) is 8.57. The van der Waals surface area contributed by atoms with Crippen molar-refractivity contribution in [1.82, 2.24) is 20.5 Å². The van der Waals surface area contributed by atoms with Gasteiger partial charge < -0.3 is 25.0 Å². The zero-order valence-electron chi connectivity index (χ0n) is 14.3. The van der Waals surface area contributed by atoms with Gasteiger partial charge in [-0.1, -0.05) is 12.1 Å². The van der Waals surface area contributed by atoms with Gasteiger partial charge in [-0.25, -0.2) is 4.79 Å². The van der Waals surface area contributed by atoms with E-state index in [0.29, 0.717) is 35.9 Å². The molecular formula is C19H16N4O4. The number of hydrogen-bond acceptors (Lipinski definition) is 5. The molecule has 0 saturated carbocycles. The second kappa shape index (κ2) is 6.01. The van der Waals surface area contributed by atoms with Crippen molar-refractivity contribution in [3.05, 3.63) is 65.1 Å². The van der Waals surface area contributed by atoms with Crippen molar-refractivity contribution < 1.29 is 19.1 Å². The van der Waals surface area contributed by atoms with E-state index in [4.69, 9.17) is 9.47 Å². The van der Waals surface area contributed by atoms with Gasteiger partial charge in [0.25, 0.3) is 5.91 Å². The number of pyridine rings is 1. The third-order valence-corrected chi connectivity index (χ3v) is 4.85. The van der Waals surface area contributed by atoms with E-state index < -0.39 is 6.04 Å². The molecule has 3 aliphatic heterocycles. The molecule has 3 amide bonds. The molecule has 0 saturated heterocycles. The summed E-state index contributed by atoms with van der Waals surface area (Å²) in [6.45, 7) is 0.962. The fourth-order valence-corrected chi connectivity index (χ4v) is 3.61. The topological polar surface area (TPSA) is 92.8 Å². The van der Waals surface area contributed by atoms with Crippen LogP contribution in [-0.4, -0.2) is 35.2 Å². The summed E-state index contributed by atoms with van der Waals surface area (Å²) >= 11 is 0. The van der Waals surface area contributed by atoms with Crippen molar-refractivity contribution in [2.75, 3.05) is 13.3 Å². The normalized spacial score (nSPS) is 20.4. The van der Waals surface area contributed by atoms with Gasteiger partial charge in [-0.2, -0.15) is 0 Å². The molecule has 8 nitrogen and oxygen atoms in total. The number of nitrogens with zero attached hydrogens (tertiary/aromatic N) is 2. The molecule has 0 radical (unpaired) electrons. The minimum Gasteiger partial charge on any atom is -0.454 e. The maximum Gasteiger partial charge on any atom is 0.319 e. The average molecular weight is 364 g/mol. The Labute approximate surface area is 154 Å². The van der Waals surface area contributed by atoms with Gasteiger partial charge in [-0.05, 0) is 29.3 Å². The quantitative estimate of drug-likeness (QED) is 0.860. The van der Waals surface area contributed by atoms with Gasteiger partial charge in [-0.3, -0.25) is 9.78 Å². The van der Waals surface area contributed by atoms with E-state index in [0.717, 1.165) is 11.1 Å². The summed E-state index contributed by atoms with van der Waals surface area (Å²) in [4.78, 5) is 31.0. The zero-order chi connectivity index (χ0) is 18.4. The van der Waals surface area contributed by atoms with E-state index in [1.165, 1.54) is 0 Å². The highest BCUT2D eigenvalue weighted by molar-refractivity contribution is 6.01. The Morgan fingerprint density at radius 1 is 1.19 bits per heavy atom. The van der Waals surface area contributed by atoms with Crippen molar-refractivity contribution in [3.8, 4) is 11.5 Å². The fraction of sp³-hybridized carbons (Fsp3) is 0.211. The highest BCUT2D eigenvalue weighted by Crippen LogP contribution is 2.38. The number of urea groups is 1. The lowest BCUT2D eigenvalue weighted by atomic mass is 9.96. The smallest absolute Gasteiger partial charge is 0.319 e. The van der Waals surface area contributed by atoms with Crippen LogP contribution in [0.25, 0.3) is 0 Å². The van der Waals surface area contributed by atoms with Gasteiger partial charge in [0.05, 0.1) is 23.9 Å². The van der Waals surface area contributed by atoms with Gasteiger partial charge in [-0.15, -0.1) is 0 Å². The zero-order valence-corrected chi connectivity index (χ0v) is 14.3. The number of fused-ring (bicyclic) bond motifs is 1. The Bertz CT molecular complexity index is 973. The maximum atomic E-state index is 13.1. The summed E-state index contributed by atoms with van der Waals surface area (Å²) in [7, 11) is 0. The highest BCUT2D eigenvalue weighted by atomic mass is 16.7. The molecule has 2 N–H and O–H groups in total. The number of hydrogen-bond donors (Lipinski definition) is 2. The number of benzene rings is 1. The molecule has 4 heterocycles. The van der Waals surface area contributed by atoms with E-state index in [1.807, 2.05) is 18.2 Å². The molecule has 0 aliphatic carbocycles. The van der Waals surface area contributed by atoms with Crippen LogP contribution in [0.2, 0.25) is 0 Å². The van der Waals surface area contributed by atoms with Crippen LogP contribution in [0.1, 0.15) is 17.2 Å². The summed E-state index contributed by atoms with van der Waals surface area (Å²) in [6.07, 6.45) is 3.43. The number of amides is 3. The third-order valence-electron chi connectivity index (χ3n) is 4.85. The lowest BCUT2D eigenvalue weighted by Crippen LogP contribution is -2.44. The average Bonchev–Trinajstić information content (AvgIpc) is 3.26. The fourth-order valence-electron chi connectivity index (χ4n) is 3.61. The Balaban J connectivity index is 1.46. The standard InChI is InChI=1S/C19H16N4O4/c24-18-16-13(9-23(18)8-11-2-1-5-20-7-11)21-19(25)22-17(16)12-3-4-14-15(6-12)27-10-26-14/h1-7,17H,8-10H2,(H2,21,22,25)/t17-/m1/s1. The van der Waals surface area contributed by atoms with Crippen LogP contribution in [0.5, 0.6) is 11.5 Å². The first-order valence-electron chi connectivity index (χ1n) is 8.57. The van der Waals surface area contributed by atoms with Crippen molar-refractivity contribution in [3.63, 3.8) is 0 Å². The molecule has 5 rings (SSSR count). The van der Waals surface area contributed by atoms with Crippen molar-refractivity contribution in [2.45, 2.75) is 12.6 Å². The summed E-state index contributed by atoms with van der Waals surface area (Å²) in [5.74, 6) is 1.16. The maximum absolute atomic E-state index is 13.1. The molecule has 1 aromatic heterocycles. The second-order valence-electron chi connectivity index (χ2n) is 6.56. The van der Waals surface area contributed by atoms with Crippen LogP contribution in [0.15, 0.2) is 54.0 Å². The molecule has 136 valence electrons. The SMILES string of the molecule is O=C1NC2=C(C(=O)N(Cc3cccnc3)C2)[C@@H](c2ccc3c(c2)OCO3)N1. The first-order chi connectivity index (χ1) is 13.2. The van der Waals surface area contributed by atoms with Crippen LogP contribution in [0.3, 0.4) is 0 Å². The first kappa shape index (κ1) is 15.7. The lowest BCUT2D eigenvalue weighted by Gasteiger charge is -2.25. The molecule has 27 heavy (non-hydrogen) atoms. The van der Waals surface area contributed by atoms with Crippen LogP contribution in [0.4, 0.5) is 4.79 Å². The van der Waals surface area contributed by atoms with Crippen LogP contribution < -0.4 is 20.1 Å². The summed E-state index contributed by atoms with van der Waals surface area (Å²) in [6, 6.07) is 8.33. The lowest BCUT2D eigenvalue weighted by molar-refractivity contribution is -0.126. The van der Waals surface area contributed by atoms with Crippen molar-refractivity contribution in [2.24, 2.45) is 0 Å². The van der Waals surface area contributed by atoms with Gasteiger partial charge in [0, 0.05) is 18.9 Å². The predicted octanol–water partition coefficient (Wildman–Crippen LogP) is 1.46. The number of aromatic nitrogens is 1. The summed E-state index contributed by atoms with van der Waals surface area (Å²) in [5.41, 5.74) is 2.90. The van der Waals surface area contributed by atoms with E-state index in [9.17, 15) is 9.59 Å². The Hall–Kier alpha value is -3.55. The van der Waals surface area contributed by atoms with Crippen LogP contribution >= 0.6 is 0 Å². The van der Waals surface area contributed by atoms with Gasteiger partial charge in [0.15, 0.2) is 11.5 Å². The molecule has 8 heteroatoms. The summed E-state index contributed by atoms with van der Waals surface area (Å²) in [5, 5.41) is 5.62. The number of nitrogens with one attached hydrogen (secondary N) is 2. The number of carbonyl (C=O) groups is 2. The largest absolute Gasteiger partial charge is 0.454 e. The van der Waals surface area contributed by atoms with Gasteiger partial charge in [0.1, 0.15) is 0 Å². The number of carbonyl (C=O) groups excluding carboxylic acids is 2. The monoisotopic (exact) mass is 364 g/mol. The predicted molar refractivity (Wildman–Crippen MR) is 93.7 cm³/mol. The van der Waals surface area contributed by atoms with E-state index in [1.54, 1.807) is 29.4 Å². The Morgan fingerprint density at radius 2 is 2.07 bits per heavy atom. The number of rotatable bonds is 3. The van der Waals surface area contributed by atoms with Crippen molar-refractivity contribution >= 4 is 11.9 Å². The molecule has 3 aliphatic rings. The van der Waals surface area contributed by atoms with E-state index in [2.05, 4.69) is 15.6 Å². The van der Waals surface area contributed by atoms with E-state index >= 15 is 0 Å². The Kier molecular flexibility index (Phi) is 3.49. The molecule has 0 fully saturated rings. The second-order valence-corrected chi connectivity index (χ2v) is 6.56. The molecule has 2 aromatic rings.